The van der Waals surface area contributed by atoms with Crippen molar-refractivity contribution in [2.75, 3.05) is 20.2 Å². The van der Waals surface area contributed by atoms with Gasteiger partial charge in [0.15, 0.2) is 5.96 Å². The average Bonchev–Trinajstić information content (AvgIpc) is 2.67. The molecule has 0 bridgehead atoms. The molecule has 2 rings (SSSR count). The monoisotopic (exact) mass is 498 g/mol. The Morgan fingerprint density at radius 2 is 1.79 bits per heavy atom. The predicted octanol–water partition coefficient (Wildman–Crippen LogP) is 2.99. The van der Waals surface area contributed by atoms with Gasteiger partial charge in [-0.25, -0.2) is 4.99 Å². The smallest absolute Gasteiger partial charge is 0.250 e. The van der Waals surface area contributed by atoms with Crippen LogP contribution in [0.3, 0.4) is 0 Å². The molecule has 0 fully saturated rings. The van der Waals surface area contributed by atoms with Crippen molar-refractivity contribution < 1.29 is 4.74 Å². The van der Waals surface area contributed by atoms with E-state index in [9.17, 15) is 4.79 Å². The first-order valence-electron chi connectivity index (χ1n) is 9.24. The molecule has 1 heterocycles. The molecule has 1 aromatic heterocycles. The van der Waals surface area contributed by atoms with Gasteiger partial charge in [-0.05, 0) is 38.0 Å². The van der Waals surface area contributed by atoms with Crippen LogP contribution in [0, 0.1) is 0 Å². The highest BCUT2D eigenvalue weighted by atomic mass is 127. The summed E-state index contributed by atoms with van der Waals surface area (Å²) in [6.45, 7) is 8.71. The van der Waals surface area contributed by atoms with Gasteiger partial charge >= 0.3 is 0 Å². The molecule has 6 nitrogen and oxygen atoms in total. The van der Waals surface area contributed by atoms with E-state index in [0.717, 1.165) is 23.6 Å². The van der Waals surface area contributed by atoms with Gasteiger partial charge in [0.2, 0.25) is 0 Å². The molecule has 0 unspecified atom stereocenters. The van der Waals surface area contributed by atoms with Crippen molar-refractivity contribution in [1.82, 2.24) is 15.2 Å². The number of nitrogens with zero attached hydrogens (tertiary/aromatic N) is 2. The third kappa shape index (κ3) is 8.02. The van der Waals surface area contributed by atoms with Gasteiger partial charge in [0, 0.05) is 32.5 Å². The van der Waals surface area contributed by atoms with Crippen LogP contribution in [0.5, 0.6) is 0 Å². The summed E-state index contributed by atoms with van der Waals surface area (Å²) in [6, 6.07) is 13.4. The molecular weight excluding hydrogens is 467 g/mol. The Morgan fingerprint density at radius 3 is 2.39 bits per heavy atom. The van der Waals surface area contributed by atoms with Crippen molar-refractivity contribution in [3.05, 3.63) is 70.1 Å². The Morgan fingerprint density at radius 1 is 1.11 bits per heavy atom. The van der Waals surface area contributed by atoms with E-state index in [0.29, 0.717) is 19.6 Å². The Bertz CT molecular complexity index is 801. The molecule has 1 aromatic carbocycles. The standard InChI is InChI=1S/C21H30N4O2.HI/c1-5-22-20(24-16-21(2,3)27-4)23-14-17-9-11-18(12-10-17)15-25-13-7-6-8-19(25)26;/h6-13H,5,14-16H2,1-4H3,(H2,22,23,24);1H. The quantitative estimate of drug-likeness (QED) is 0.334. The number of hydrogen-bond acceptors (Lipinski definition) is 3. The van der Waals surface area contributed by atoms with Crippen molar-refractivity contribution in [3.8, 4) is 0 Å². The first-order chi connectivity index (χ1) is 12.9. The van der Waals surface area contributed by atoms with Crippen LogP contribution in [-0.2, 0) is 17.8 Å². The molecule has 0 saturated carbocycles. The van der Waals surface area contributed by atoms with E-state index in [1.165, 1.54) is 0 Å². The largest absolute Gasteiger partial charge is 0.377 e. The van der Waals surface area contributed by atoms with Crippen molar-refractivity contribution in [2.24, 2.45) is 4.99 Å². The zero-order valence-corrected chi connectivity index (χ0v) is 19.4. The molecule has 0 aliphatic heterocycles. The highest BCUT2D eigenvalue weighted by molar-refractivity contribution is 14.0. The number of ether oxygens (including phenoxy) is 1. The van der Waals surface area contributed by atoms with Crippen LogP contribution in [0.4, 0.5) is 0 Å². The molecule has 2 aromatic rings. The van der Waals surface area contributed by atoms with Gasteiger partial charge in [0.25, 0.3) is 5.56 Å². The highest BCUT2D eigenvalue weighted by Gasteiger charge is 2.16. The lowest BCUT2D eigenvalue weighted by Crippen LogP contribution is -2.45. The number of pyridine rings is 1. The summed E-state index contributed by atoms with van der Waals surface area (Å²) in [6.07, 6.45) is 1.80. The SMILES string of the molecule is CCNC(=NCc1ccc(Cn2ccccc2=O)cc1)NCC(C)(C)OC.I. The highest BCUT2D eigenvalue weighted by Crippen LogP contribution is 2.08. The third-order valence-corrected chi connectivity index (χ3v) is 4.27. The molecule has 154 valence electrons. The summed E-state index contributed by atoms with van der Waals surface area (Å²) in [5.74, 6) is 0.766. The minimum Gasteiger partial charge on any atom is -0.377 e. The molecule has 7 heteroatoms. The van der Waals surface area contributed by atoms with Gasteiger partial charge in [-0.3, -0.25) is 4.79 Å². The van der Waals surface area contributed by atoms with Crippen LogP contribution in [0.1, 0.15) is 31.9 Å². The fourth-order valence-electron chi connectivity index (χ4n) is 2.42. The van der Waals surface area contributed by atoms with E-state index in [-0.39, 0.29) is 35.1 Å². The van der Waals surface area contributed by atoms with Crippen LogP contribution in [0.15, 0.2) is 58.4 Å². The van der Waals surface area contributed by atoms with Crippen molar-refractivity contribution in [1.29, 1.82) is 0 Å². The minimum absolute atomic E-state index is 0. The van der Waals surface area contributed by atoms with E-state index in [1.807, 2.05) is 39.0 Å². The van der Waals surface area contributed by atoms with Crippen molar-refractivity contribution in [2.45, 2.75) is 39.5 Å². The fourth-order valence-corrected chi connectivity index (χ4v) is 2.42. The number of guanidine groups is 1. The molecule has 0 aliphatic rings. The summed E-state index contributed by atoms with van der Waals surface area (Å²) in [7, 11) is 1.71. The van der Waals surface area contributed by atoms with Gasteiger partial charge in [0.1, 0.15) is 0 Å². The lowest BCUT2D eigenvalue weighted by Gasteiger charge is -2.24. The van der Waals surface area contributed by atoms with Crippen LogP contribution in [-0.4, -0.2) is 36.3 Å². The molecule has 0 aliphatic carbocycles. The summed E-state index contributed by atoms with van der Waals surface area (Å²) in [4.78, 5) is 16.4. The summed E-state index contributed by atoms with van der Waals surface area (Å²) in [5.41, 5.74) is 1.95. The number of nitrogens with one attached hydrogen (secondary N) is 2. The third-order valence-electron chi connectivity index (χ3n) is 4.27. The Balaban J connectivity index is 0.00000392. The number of halogens is 1. The second-order valence-electron chi connectivity index (χ2n) is 7.00. The molecule has 0 spiro atoms. The van der Waals surface area contributed by atoms with Crippen molar-refractivity contribution in [3.63, 3.8) is 0 Å². The zero-order chi connectivity index (χ0) is 19.7. The summed E-state index contributed by atoms with van der Waals surface area (Å²) < 4.78 is 7.12. The summed E-state index contributed by atoms with van der Waals surface area (Å²) >= 11 is 0. The topological polar surface area (TPSA) is 67.7 Å². The van der Waals surface area contributed by atoms with Crippen LogP contribution in [0.2, 0.25) is 0 Å². The molecular formula is C21H31IN4O2. The Labute approximate surface area is 184 Å². The zero-order valence-electron chi connectivity index (χ0n) is 17.1. The molecule has 0 atom stereocenters. The van der Waals surface area contributed by atoms with Crippen LogP contribution in [0.25, 0.3) is 0 Å². The van der Waals surface area contributed by atoms with Gasteiger partial charge in [0.05, 0.1) is 18.7 Å². The number of hydrogen-bond donors (Lipinski definition) is 2. The number of rotatable bonds is 8. The van der Waals surface area contributed by atoms with E-state index in [4.69, 9.17) is 4.74 Å². The molecule has 2 N–H and O–H groups in total. The number of methoxy groups -OCH3 is 1. The van der Waals surface area contributed by atoms with E-state index < -0.39 is 0 Å². The lowest BCUT2D eigenvalue weighted by atomic mass is 10.1. The molecule has 28 heavy (non-hydrogen) atoms. The van der Waals surface area contributed by atoms with Gasteiger partial charge < -0.3 is 19.9 Å². The lowest BCUT2D eigenvalue weighted by molar-refractivity contribution is 0.0268. The first kappa shape index (κ1) is 24.2. The first-order valence-corrected chi connectivity index (χ1v) is 9.24. The maximum atomic E-state index is 11.8. The van der Waals surface area contributed by atoms with Gasteiger partial charge in [-0.2, -0.15) is 0 Å². The van der Waals surface area contributed by atoms with Gasteiger partial charge in [-0.15, -0.1) is 24.0 Å². The number of benzene rings is 1. The predicted molar refractivity (Wildman–Crippen MR) is 126 cm³/mol. The van der Waals surface area contributed by atoms with Gasteiger partial charge in [-0.1, -0.05) is 30.3 Å². The van der Waals surface area contributed by atoms with E-state index in [2.05, 4.69) is 27.8 Å². The average molecular weight is 498 g/mol. The van der Waals surface area contributed by atoms with Crippen molar-refractivity contribution >= 4 is 29.9 Å². The summed E-state index contributed by atoms with van der Waals surface area (Å²) in [5, 5.41) is 6.55. The second-order valence-corrected chi connectivity index (χ2v) is 7.00. The van der Waals surface area contributed by atoms with E-state index >= 15 is 0 Å². The fraction of sp³-hybridized carbons (Fsp3) is 0.429. The Hall–Kier alpha value is -1.87. The molecule has 0 amide bonds. The number of aliphatic imine (C=N–C) groups is 1. The molecule has 0 saturated heterocycles. The second kappa shape index (κ2) is 11.9. The van der Waals surface area contributed by atoms with Crippen LogP contribution < -0.4 is 16.2 Å². The van der Waals surface area contributed by atoms with E-state index in [1.54, 1.807) is 30.0 Å². The maximum absolute atomic E-state index is 11.8. The molecule has 0 radical (unpaired) electrons. The van der Waals surface area contributed by atoms with Crippen LogP contribution >= 0.6 is 24.0 Å². The minimum atomic E-state index is -0.257. The number of aromatic nitrogens is 1. The normalized spacial score (nSPS) is 11.6. The Kier molecular flexibility index (Phi) is 10.2. The maximum Gasteiger partial charge on any atom is 0.250 e.